The number of ketones is 1. The number of carbonyl (C=O) groups excluding carboxylic acids is 1. The molecule has 0 saturated heterocycles. The van der Waals surface area contributed by atoms with Gasteiger partial charge < -0.3 is 15.3 Å². The summed E-state index contributed by atoms with van der Waals surface area (Å²) in [4.78, 5) is 30.1. The average Bonchev–Trinajstić information content (AvgIpc) is 3.42. The molecule has 0 aliphatic carbocycles. The summed E-state index contributed by atoms with van der Waals surface area (Å²) >= 11 is 0. The Labute approximate surface area is 208 Å². The van der Waals surface area contributed by atoms with Crippen molar-refractivity contribution in [3.63, 3.8) is 0 Å². The molecule has 0 spiro atoms. The maximum atomic E-state index is 12.9. The second kappa shape index (κ2) is 11.6. The highest BCUT2D eigenvalue weighted by atomic mass is 19.4. The van der Waals surface area contributed by atoms with Gasteiger partial charge in [-0.2, -0.15) is 18.4 Å². The Bertz CT molecular complexity index is 1440. The molecule has 37 heavy (non-hydrogen) atoms. The number of nitrogens with two attached hydrogens (primary N) is 1. The third-order valence-electron chi connectivity index (χ3n) is 4.97. The zero-order valence-electron chi connectivity index (χ0n) is 19.1. The Morgan fingerprint density at radius 1 is 1.00 bits per heavy atom. The SMILES string of the molecule is N#Cc1ccccc1C(=O)c1cc(CCc2cccc(-c3ccco3)c2)nc(N)n1.O=C(O)C(F)(F)F. The van der Waals surface area contributed by atoms with E-state index in [0.717, 1.165) is 16.9 Å². The fraction of sp³-hybridized carbons (Fsp3) is 0.115. The van der Waals surface area contributed by atoms with Gasteiger partial charge in [0.2, 0.25) is 11.7 Å². The number of carbonyl (C=O) groups is 2. The van der Waals surface area contributed by atoms with E-state index in [-0.39, 0.29) is 17.4 Å². The lowest BCUT2D eigenvalue weighted by atomic mass is 10.0. The number of rotatable bonds is 6. The highest BCUT2D eigenvalue weighted by Crippen LogP contribution is 2.22. The molecule has 0 bridgehead atoms. The number of nitriles is 1. The second-order valence-corrected chi connectivity index (χ2v) is 7.57. The number of alkyl halides is 3. The molecule has 8 nitrogen and oxygen atoms in total. The molecular weight excluding hydrogens is 489 g/mol. The minimum Gasteiger partial charge on any atom is -0.475 e. The number of nitrogens with zero attached hydrogens (tertiary/aromatic N) is 3. The fourth-order valence-corrected chi connectivity index (χ4v) is 3.27. The van der Waals surface area contributed by atoms with Crippen LogP contribution in [0.5, 0.6) is 0 Å². The van der Waals surface area contributed by atoms with Gasteiger partial charge >= 0.3 is 12.1 Å². The summed E-state index contributed by atoms with van der Waals surface area (Å²) in [6.45, 7) is 0. The first kappa shape index (κ1) is 26.6. The van der Waals surface area contributed by atoms with E-state index >= 15 is 0 Å². The molecule has 4 rings (SSSR count). The van der Waals surface area contributed by atoms with Gasteiger partial charge in [-0.25, -0.2) is 14.8 Å². The third-order valence-corrected chi connectivity index (χ3v) is 4.97. The summed E-state index contributed by atoms with van der Waals surface area (Å²) < 4.78 is 37.2. The molecule has 2 aromatic heterocycles. The molecule has 0 unspecified atom stereocenters. The number of aryl methyl sites for hydroxylation is 2. The van der Waals surface area contributed by atoms with Crippen LogP contribution in [-0.2, 0) is 17.6 Å². The van der Waals surface area contributed by atoms with Crippen molar-refractivity contribution in [3.05, 3.63) is 101 Å². The van der Waals surface area contributed by atoms with Crippen LogP contribution in [0, 0.1) is 11.3 Å². The summed E-state index contributed by atoms with van der Waals surface area (Å²) in [7, 11) is 0. The van der Waals surface area contributed by atoms with Gasteiger partial charge in [0.1, 0.15) is 11.5 Å². The van der Waals surface area contributed by atoms with E-state index in [1.165, 1.54) is 0 Å². The quantitative estimate of drug-likeness (QED) is 0.352. The zero-order chi connectivity index (χ0) is 27.0. The first-order chi connectivity index (χ1) is 17.6. The van der Waals surface area contributed by atoms with Gasteiger partial charge in [0.25, 0.3) is 0 Å². The number of halogens is 3. The predicted molar refractivity (Wildman–Crippen MR) is 126 cm³/mol. The van der Waals surface area contributed by atoms with Crippen LogP contribution in [0.25, 0.3) is 11.3 Å². The molecule has 0 atom stereocenters. The predicted octanol–water partition coefficient (Wildman–Crippen LogP) is 4.84. The Morgan fingerprint density at radius 2 is 1.73 bits per heavy atom. The number of nitrogen functional groups attached to an aromatic ring is 1. The summed E-state index contributed by atoms with van der Waals surface area (Å²) in [5, 5.41) is 16.4. The number of carboxylic acid groups (broad SMARTS) is 1. The number of benzene rings is 2. The number of hydrogen-bond donors (Lipinski definition) is 2. The lowest BCUT2D eigenvalue weighted by molar-refractivity contribution is -0.192. The molecular formula is C26H19F3N4O4. The van der Waals surface area contributed by atoms with Crippen LogP contribution in [0.1, 0.15) is 32.9 Å². The summed E-state index contributed by atoms with van der Waals surface area (Å²) in [5.41, 5.74) is 9.43. The van der Waals surface area contributed by atoms with Crippen molar-refractivity contribution in [2.45, 2.75) is 19.0 Å². The summed E-state index contributed by atoms with van der Waals surface area (Å²) in [5.74, 6) is -2.25. The first-order valence-corrected chi connectivity index (χ1v) is 10.7. The molecule has 0 fully saturated rings. The minimum absolute atomic E-state index is 0.0367. The number of carboxylic acids is 1. The van der Waals surface area contributed by atoms with E-state index in [4.69, 9.17) is 20.1 Å². The zero-order valence-corrected chi connectivity index (χ0v) is 19.1. The molecule has 2 heterocycles. The van der Waals surface area contributed by atoms with Gasteiger partial charge in [0.15, 0.2) is 0 Å². The molecule has 0 amide bonds. The summed E-state index contributed by atoms with van der Waals surface area (Å²) in [6.07, 6.45) is -2.13. The third kappa shape index (κ3) is 7.25. The molecule has 4 aromatic rings. The Kier molecular flexibility index (Phi) is 8.37. The van der Waals surface area contributed by atoms with E-state index in [9.17, 15) is 23.2 Å². The number of furan rings is 1. The number of hydrogen-bond acceptors (Lipinski definition) is 7. The van der Waals surface area contributed by atoms with E-state index in [0.29, 0.717) is 29.7 Å². The number of aromatic nitrogens is 2. The smallest absolute Gasteiger partial charge is 0.475 e. The standard InChI is InChI=1S/C24H18N4O2.C2HF3O2/c25-15-18-6-1-2-8-20(18)23(29)21-14-19(27-24(26)28-21)11-10-16-5-3-7-17(13-16)22-9-4-12-30-22;3-2(4,5)1(6)7/h1-9,12-14H,10-11H2,(H2,26,27,28);(H,6,7). The van der Waals surface area contributed by atoms with Crippen LogP contribution in [0.15, 0.2) is 77.4 Å². The van der Waals surface area contributed by atoms with Crippen molar-refractivity contribution in [2.24, 2.45) is 0 Å². The first-order valence-electron chi connectivity index (χ1n) is 10.7. The minimum atomic E-state index is -5.08. The second-order valence-electron chi connectivity index (χ2n) is 7.57. The molecule has 0 saturated carbocycles. The van der Waals surface area contributed by atoms with Crippen molar-refractivity contribution in [3.8, 4) is 17.4 Å². The maximum Gasteiger partial charge on any atom is 0.490 e. The van der Waals surface area contributed by atoms with Gasteiger partial charge in [0.05, 0.1) is 17.9 Å². The molecule has 11 heteroatoms. The summed E-state index contributed by atoms with van der Waals surface area (Å²) in [6, 6.07) is 22.2. The van der Waals surface area contributed by atoms with Crippen LogP contribution in [0.3, 0.4) is 0 Å². The van der Waals surface area contributed by atoms with Crippen LogP contribution >= 0.6 is 0 Å². The van der Waals surface area contributed by atoms with Gasteiger partial charge in [-0.05, 0) is 54.8 Å². The van der Waals surface area contributed by atoms with Crippen molar-refractivity contribution >= 4 is 17.7 Å². The molecule has 0 aliphatic heterocycles. The van der Waals surface area contributed by atoms with Crippen molar-refractivity contribution in [1.82, 2.24) is 9.97 Å². The van der Waals surface area contributed by atoms with Crippen molar-refractivity contribution < 1.29 is 32.3 Å². The monoisotopic (exact) mass is 508 g/mol. The molecule has 3 N–H and O–H groups in total. The normalized spacial score (nSPS) is 10.6. The van der Waals surface area contributed by atoms with Crippen molar-refractivity contribution in [1.29, 1.82) is 5.26 Å². The van der Waals surface area contributed by atoms with E-state index in [1.54, 1.807) is 36.6 Å². The molecule has 0 radical (unpaired) electrons. The molecule has 2 aromatic carbocycles. The van der Waals surface area contributed by atoms with E-state index < -0.39 is 12.1 Å². The van der Waals surface area contributed by atoms with Crippen LogP contribution in [0.2, 0.25) is 0 Å². The highest BCUT2D eigenvalue weighted by Gasteiger charge is 2.38. The number of anilines is 1. The molecule has 0 aliphatic rings. The topological polar surface area (TPSA) is 143 Å². The average molecular weight is 508 g/mol. The fourth-order valence-electron chi connectivity index (χ4n) is 3.27. The lowest BCUT2D eigenvalue weighted by Crippen LogP contribution is -2.21. The van der Waals surface area contributed by atoms with Gasteiger partial charge in [-0.15, -0.1) is 0 Å². The largest absolute Gasteiger partial charge is 0.490 e. The van der Waals surface area contributed by atoms with Gasteiger partial charge in [0, 0.05) is 16.8 Å². The molecule has 188 valence electrons. The maximum absolute atomic E-state index is 12.9. The van der Waals surface area contributed by atoms with Crippen LogP contribution in [0.4, 0.5) is 19.1 Å². The Hall–Kier alpha value is -4.98. The van der Waals surface area contributed by atoms with Crippen LogP contribution in [-0.4, -0.2) is 33.0 Å². The van der Waals surface area contributed by atoms with E-state index in [1.807, 2.05) is 36.4 Å². The number of aliphatic carboxylic acids is 1. The van der Waals surface area contributed by atoms with Crippen molar-refractivity contribution in [2.75, 3.05) is 5.73 Å². The van der Waals surface area contributed by atoms with Gasteiger partial charge in [-0.3, -0.25) is 4.79 Å². The highest BCUT2D eigenvalue weighted by molar-refractivity contribution is 6.09. The van der Waals surface area contributed by atoms with Crippen LogP contribution < -0.4 is 5.73 Å². The lowest BCUT2D eigenvalue weighted by Gasteiger charge is -2.07. The Morgan fingerprint density at radius 3 is 2.38 bits per heavy atom. The van der Waals surface area contributed by atoms with Gasteiger partial charge in [-0.1, -0.05) is 30.3 Å². The van der Waals surface area contributed by atoms with E-state index in [2.05, 4.69) is 16.0 Å². The Balaban J connectivity index is 0.000000479.